The highest BCUT2D eigenvalue weighted by molar-refractivity contribution is 9.13. The number of halogens is 4. The molecule has 8 nitrogen and oxygen atoms in total. The van der Waals surface area contributed by atoms with E-state index in [1.807, 2.05) is 0 Å². The van der Waals surface area contributed by atoms with E-state index >= 15 is 0 Å². The molecule has 2 aromatic carbocycles. The van der Waals surface area contributed by atoms with E-state index in [-0.39, 0.29) is 62.8 Å². The molecule has 424 valence electrons. The third-order valence-electron chi connectivity index (χ3n) is 15.4. The van der Waals surface area contributed by atoms with Crippen molar-refractivity contribution in [3.8, 4) is 0 Å². The molecule has 0 heterocycles. The van der Waals surface area contributed by atoms with E-state index in [2.05, 4.69) is 102 Å². The quantitative estimate of drug-likeness (QED) is 0.0488. The summed E-state index contributed by atoms with van der Waals surface area (Å²) in [6.07, 6.45) is 48.6. The predicted octanol–water partition coefficient (Wildman–Crippen LogP) is 21.7. The minimum atomic E-state index is -1.36. The Labute approximate surface area is 484 Å². The van der Waals surface area contributed by atoms with Crippen LogP contribution in [0.1, 0.15) is 326 Å². The summed E-state index contributed by atoms with van der Waals surface area (Å²) in [5.41, 5.74) is -0.623. The zero-order valence-corrected chi connectivity index (χ0v) is 53.2. The van der Waals surface area contributed by atoms with Gasteiger partial charge in [0.25, 0.3) is 11.8 Å². The SMILES string of the molecule is CCCCCCCCCCCCC(CCCCCCCCCC)CNC(=O)c1c(Br)c(Br)c(C(=O)NCC(CCCCCCCCCC)CCCCCCCCCCCC)c2c(C(=O)O)c(Br)c(Br)c(C(=O)O)c12. The number of hydrogen-bond acceptors (Lipinski definition) is 4. The summed E-state index contributed by atoms with van der Waals surface area (Å²) >= 11 is 14.1. The molecule has 2 aromatic rings. The number of benzene rings is 2. The fourth-order valence-electron chi connectivity index (χ4n) is 10.8. The van der Waals surface area contributed by atoms with Gasteiger partial charge in [-0.05, 0) is 101 Å². The summed E-state index contributed by atoms with van der Waals surface area (Å²) in [6, 6.07) is 0. The first-order chi connectivity index (χ1) is 35.9. The van der Waals surface area contributed by atoms with Gasteiger partial charge in [-0.3, -0.25) is 9.59 Å². The molecule has 2 rings (SSSR count). The van der Waals surface area contributed by atoms with Gasteiger partial charge in [-0.1, -0.05) is 259 Å². The van der Waals surface area contributed by atoms with Gasteiger partial charge in [-0.2, -0.15) is 0 Å². The van der Waals surface area contributed by atoms with E-state index in [0.29, 0.717) is 13.1 Å². The van der Waals surface area contributed by atoms with Gasteiger partial charge >= 0.3 is 11.9 Å². The highest BCUT2D eigenvalue weighted by Crippen LogP contribution is 2.46. The molecule has 0 saturated carbocycles. The van der Waals surface area contributed by atoms with Crippen LogP contribution in [0.5, 0.6) is 0 Å². The van der Waals surface area contributed by atoms with Crippen molar-refractivity contribution in [1.29, 1.82) is 0 Å². The molecule has 74 heavy (non-hydrogen) atoms. The highest BCUT2D eigenvalue weighted by Gasteiger charge is 2.35. The molecule has 0 fully saturated rings. The van der Waals surface area contributed by atoms with E-state index in [4.69, 9.17) is 0 Å². The molecule has 0 aromatic heterocycles. The van der Waals surface area contributed by atoms with Crippen LogP contribution in [0.2, 0.25) is 0 Å². The summed E-state index contributed by atoms with van der Waals surface area (Å²) < 4.78 is 0.381. The molecule has 0 spiro atoms. The van der Waals surface area contributed by atoms with Gasteiger partial charge in [0, 0.05) is 41.8 Å². The van der Waals surface area contributed by atoms with Crippen LogP contribution in [0.25, 0.3) is 10.8 Å². The molecule has 0 radical (unpaired) electrons. The summed E-state index contributed by atoms with van der Waals surface area (Å²) in [7, 11) is 0. The van der Waals surface area contributed by atoms with Crippen molar-refractivity contribution in [2.75, 3.05) is 13.1 Å². The lowest BCUT2D eigenvalue weighted by atomic mass is 9.90. The first-order valence-corrected chi connectivity index (χ1v) is 33.4. The summed E-state index contributed by atoms with van der Waals surface area (Å²) in [6.45, 7) is 9.81. The number of carbonyl (C=O) groups excluding carboxylic acids is 2. The van der Waals surface area contributed by atoms with E-state index in [9.17, 15) is 29.4 Å². The standard InChI is InChI=1S/C62H102Br4N2O6/c1-5-9-13-17-21-25-27-31-35-39-43-47(41-37-33-29-23-19-15-11-7-3)45-67-59(69)51-49-50(54(62(73)74)58(66)57(65)53(49)61(71)72)52(56(64)55(51)63)60(70)68-46-48(42-38-34-30-24-20-16-12-8-4)44-40-36-32-28-26-22-18-14-10-6-2/h47-48H,5-46H2,1-4H3,(H,67,69)(H,68,70)(H,71,72)(H,73,74). The monoisotopic (exact) mass is 1290 g/mol. The maximum absolute atomic E-state index is 14.7. The fourth-order valence-corrected chi connectivity index (χ4v) is 13.1. The molecule has 0 bridgehead atoms. The number of aromatic carboxylic acids is 2. The van der Waals surface area contributed by atoms with Gasteiger partial charge < -0.3 is 20.8 Å². The topological polar surface area (TPSA) is 133 Å². The van der Waals surface area contributed by atoms with E-state index in [1.165, 1.54) is 180 Å². The molecule has 2 unspecified atom stereocenters. The molecule has 0 saturated heterocycles. The molecular weight excluding hydrogens is 1190 g/mol. The van der Waals surface area contributed by atoms with Gasteiger partial charge in [0.05, 0.1) is 22.3 Å². The Kier molecular flexibility index (Phi) is 40.2. The highest BCUT2D eigenvalue weighted by atomic mass is 79.9. The van der Waals surface area contributed by atoms with Gasteiger partial charge in [0.1, 0.15) is 0 Å². The van der Waals surface area contributed by atoms with Crippen molar-refractivity contribution in [1.82, 2.24) is 10.6 Å². The van der Waals surface area contributed by atoms with Crippen molar-refractivity contribution in [2.45, 2.75) is 285 Å². The molecule has 0 aliphatic rings. The van der Waals surface area contributed by atoms with Gasteiger partial charge in [0.2, 0.25) is 0 Å². The van der Waals surface area contributed by atoms with Crippen LogP contribution in [0.4, 0.5) is 0 Å². The number of carbonyl (C=O) groups is 4. The summed E-state index contributed by atoms with van der Waals surface area (Å²) in [5, 5.41) is 27.9. The number of unbranched alkanes of at least 4 members (excludes halogenated alkanes) is 32. The Balaban J connectivity index is 2.44. The van der Waals surface area contributed by atoms with Crippen molar-refractivity contribution >= 4 is 98.2 Å². The number of carboxylic acids is 2. The molecule has 2 amide bonds. The third kappa shape index (κ3) is 26.9. The second-order valence-electron chi connectivity index (χ2n) is 21.7. The zero-order valence-electron chi connectivity index (χ0n) is 46.9. The number of amides is 2. The Hall–Kier alpha value is -1.50. The van der Waals surface area contributed by atoms with Crippen LogP contribution in [0, 0.1) is 11.8 Å². The zero-order chi connectivity index (χ0) is 54.4. The molecule has 0 aliphatic carbocycles. The predicted molar refractivity (Wildman–Crippen MR) is 328 cm³/mol. The molecular formula is C62H102Br4N2O6. The maximum Gasteiger partial charge on any atom is 0.337 e. The Morgan fingerprint density at radius 1 is 0.324 bits per heavy atom. The van der Waals surface area contributed by atoms with Crippen molar-refractivity contribution in [3.63, 3.8) is 0 Å². The second-order valence-corrected chi connectivity index (χ2v) is 24.9. The van der Waals surface area contributed by atoms with Gasteiger partial charge in [-0.25, -0.2) is 9.59 Å². The lowest BCUT2D eigenvalue weighted by molar-refractivity contribution is 0.0682. The first kappa shape index (κ1) is 68.6. The minimum absolute atomic E-state index is 0.0139. The van der Waals surface area contributed by atoms with Crippen molar-refractivity contribution in [3.05, 3.63) is 40.1 Å². The molecule has 0 aliphatic heterocycles. The minimum Gasteiger partial charge on any atom is -0.478 e. The van der Waals surface area contributed by atoms with Gasteiger partial charge in [0.15, 0.2) is 0 Å². The van der Waals surface area contributed by atoms with Crippen LogP contribution in [0.15, 0.2) is 17.9 Å². The lowest BCUT2D eigenvalue weighted by Crippen LogP contribution is -2.32. The van der Waals surface area contributed by atoms with Gasteiger partial charge in [-0.15, -0.1) is 0 Å². The molecule has 2 atom stereocenters. The Morgan fingerprint density at radius 2 is 0.514 bits per heavy atom. The normalized spacial score (nSPS) is 12.4. The van der Waals surface area contributed by atoms with Crippen LogP contribution in [-0.2, 0) is 0 Å². The number of hydrogen-bond donors (Lipinski definition) is 4. The average molecular weight is 1290 g/mol. The van der Waals surface area contributed by atoms with Crippen molar-refractivity contribution in [2.24, 2.45) is 11.8 Å². The van der Waals surface area contributed by atoms with E-state index in [0.717, 1.165) is 77.0 Å². The van der Waals surface area contributed by atoms with Crippen LogP contribution >= 0.6 is 63.7 Å². The summed E-state index contributed by atoms with van der Waals surface area (Å²) in [4.78, 5) is 56.1. The van der Waals surface area contributed by atoms with Crippen LogP contribution < -0.4 is 10.6 Å². The van der Waals surface area contributed by atoms with E-state index < -0.39 is 23.8 Å². The first-order valence-electron chi connectivity index (χ1n) is 30.3. The maximum atomic E-state index is 14.7. The lowest BCUT2D eigenvalue weighted by Gasteiger charge is -2.23. The number of rotatable bonds is 48. The average Bonchev–Trinajstić information content (AvgIpc) is 3.37. The molecule has 4 N–H and O–H groups in total. The fraction of sp³-hybridized carbons (Fsp3) is 0.774. The third-order valence-corrected chi connectivity index (χ3v) is 19.6. The number of nitrogens with one attached hydrogen (secondary N) is 2. The Bertz CT molecular complexity index is 1760. The second kappa shape index (κ2) is 43.4. The number of carboxylic acid groups (broad SMARTS) is 2. The number of fused-ring (bicyclic) bond motifs is 1. The smallest absolute Gasteiger partial charge is 0.337 e. The van der Waals surface area contributed by atoms with Crippen LogP contribution in [-0.4, -0.2) is 47.1 Å². The van der Waals surface area contributed by atoms with Crippen molar-refractivity contribution < 1.29 is 29.4 Å². The Morgan fingerprint density at radius 3 is 0.716 bits per heavy atom. The summed E-state index contributed by atoms with van der Waals surface area (Å²) in [5.74, 6) is -3.28. The van der Waals surface area contributed by atoms with Crippen LogP contribution in [0.3, 0.4) is 0 Å². The largest absolute Gasteiger partial charge is 0.478 e. The van der Waals surface area contributed by atoms with E-state index in [1.54, 1.807) is 0 Å². The molecule has 12 heteroatoms.